The SMILES string of the molecule is Cc1cc(C(=O)Br)c2c(C)ccc(C(C)C)cc1-2. The van der Waals surface area contributed by atoms with E-state index in [1.165, 1.54) is 11.1 Å². The zero-order chi connectivity index (χ0) is 13.4. The second-order valence-corrected chi connectivity index (χ2v) is 5.84. The van der Waals surface area contributed by atoms with Gasteiger partial charge in [-0.05, 0) is 69.6 Å². The van der Waals surface area contributed by atoms with Crippen molar-refractivity contribution in [2.45, 2.75) is 33.6 Å². The Morgan fingerprint density at radius 1 is 1.11 bits per heavy atom. The largest absolute Gasteiger partial charge is 0.281 e. The third kappa shape index (κ3) is 2.22. The van der Waals surface area contributed by atoms with E-state index in [9.17, 15) is 4.79 Å². The highest BCUT2D eigenvalue weighted by atomic mass is 79.9. The van der Waals surface area contributed by atoms with Crippen LogP contribution in [0.15, 0.2) is 24.3 Å². The summed E-state index contributed by atoms with van der Waals surface area (Å²) < 4.78 is -0.0407. The highest BCUT2D eigenvalue weighted by molar-refractivity contribution is 9.18. The van der Waals surface area contributed by atoms with E-state index in [1.807, 2.05) is 6.07 Å². The molecule has 0 fully saturated rings. The van der Waals surface area contributed by atoms with Crippen LogP contribution in [-0.2, 0) is 0 Å². The van der Waals surface area contributed by atoms with Gasteiger partial charge in [-0.25, -0.2) is 0 Å². The molecule has 0 spiro atoms. The van der Waals surface area contributed by atoms with E-state index in [1.54, 1.807) is 0 Å². The van der Waals surface area contributed by atoms with E-state index in [-0.39, 0.29) is 4.69 Å². The molecule has 0 unspecified atom stereocenters. The van der Waals surface area contributed by atoms with E-state index < -0.39 is 0 Å². The lowest BCUT2D eigenvalue weighted by Crippen LogP contribution is -1.88. The van der Waals surface area contributed by atoms with E-state index in [2.05, 4.69) is 61.8 Å². The topological polar surface area (TPSA) is 17.1 Å². The number of rotatable bonds is 2. The molecule has 0 atom stereocenters. The molecule has 2 heteroatoms. The molecule has 0 aromatic heterocycles. The predicted molar refractivity (Wildman–Crippen MR) is 79.9 cm³/mol. The summed E-state index contributed by atoms with van der Waals surface area (Å²) in [4.78, 5) is 11.7. The summed E-state index contributed by atoms with van der Waals surface area (Å²) in [5, 5.41) is 0. The van der Waals surface area contributed by atoms with Crippen LogP contribution in [-0.4, -0.2) is 4.69 Å². The molecular formula is C16H17BrO. The molecule has 0 amide bonds. The average Bonchev–Trinajstić information content (AvgIpc) is 2.50. The molecule has 0 aromatic carbocycles. The molecule has 0 saturated heterocycles. The van der Waals surface area contributed by atoms with Crippen molar-refractivity contribution in [2.75, 3.05) is 0 Å². The van der Waals surface area contributed by atoms with Crippen molar-refractivity contribution in [1.29, 1.82) is 0 Å². The van der Waals surface area contributed by atoms with Crippen LogP contribution in [0, 0.1) is 13.8 Å². The first-order valence-corrected chi connectivity index (χ1v) is 6.94. The quantitative estimate of drug-likeness (QED) is 0.708. The van der Waals surface area contributed by atoms with Gasteiger partial charge in [-0.1, -0.05) is 32.0 Å². The zero-order valence-electron chi connectivity index (χ0n) is 11.2. The van der Waals surface area contributed by atoms with Gasteiger partial charge in [0.2, 0.25) is 4.69 Å². The Labute approximate surface area is 117 Å². The molecule has 0 aromatic rings. The minimum absolute atomic E-state index is 0.0407. The molecule has 18 heavy (non-hydrogen) atoms. The van der Waals surface area contributed by atoms with Gasteiger partial charge in [0.05, 0.1) is 0 Å². The first-order valence-electron chi connectivity index (χ1n) is 6.15. The fourth-order valence-corrected chi connectivity index (χ4v) is 2.67. The minimum Gasteiger partial charge on any atom is -0.281 e. The number of halogens is 1. The van der Waals surface area contributed by atoms with Crippen LogP contribution in [0.5, 0.6) is 0 Å². The van der Waals surface area contributed by atoms with Crippen LogP contribution in [0.4, 0.5) is 0 Å². The minimum atomic E-state index is -0.0407. The monoisotopic (exact) mass is 304 g/mol. The van der Waals surface area contributed by atoms with E-state index in [4.69, 9.17) is 0 Å². The third-order valence-corrected chi connectivity index (χ3v) is 3.86. The number of aryl methyl sites for hydroxylation is 2. The Bertz CT molecular complexity index is 584. The van der Waals surface area contributed by atoms with Gasteiger partial charge in [0.1, 0.15) is 0 Å². The second kappa shape index (κ2) is 4.85. The van der Waals surface area contributed by atoms with E-state index in [0.717, 1.165) is 22.3 Å². The second-order valence-electron chi connectivity index (χ2n) is 5.12. The maximum atomic E-state index is 11.7. The van der Waals surface area contributed by atoms with Gasteiger partial charge < -0.3 is 0 Å². The molecule has 2 aliphatic carbocycles. The summed E-state index contributed by atoms with van der Waals surface area (Å²) in [6.45, 7) is 8.49. The molecule has 0 N–H and O–H groups in total. The zero-order valence-corrected chi connectivity index (χ0v) is 12.8. The third-order valence-electron chi connectivity index (χ3n) is 3.43. The fourth-order valence-electron chi connectivity index (χ4n) is 2.35. The molecule has 2 aliphatic rings. The standard InChI is InChI=1S/C16H17BrO/c1-9(2)12-6-5-10(3)15-13(8-12)11(4)7-14(15)16(17)18/h5-9H,1-4H3. The van der Waals surface area contributed by atoms with Crippen LogP contribution in [0.3, 0.4) is 0 Å². The summed E-state index contributed by atoms with van der Waals surface area (Å²) in [5.41, 5.74) is 6.63. The molecule has 0 bridgehead atoms. The van der Waals surface area contributed by atoms with Gasteiger partial charge in [0, 0.05) is 5.56 Å². The summed E-state index contributed by atoms with van der Waals surface area (Å²) in [6.07, 6.45) is 0. The van der Waals surface area contributed by atoms with Crippen molar-refractivity contribution in [2.24, 2.45) is 0 Å². The molecular weight excluding hydrogens is 288 g/mol. The Morgan fingerprint density at radius 2 is 1.78 bits per heavy atom. The van der Waals surface area contributed by atoms with Gasteiger partial charge in [-0.15, -0.1) is 0 Å². The summed E-state index contributed by atoms with van der Waals surface area (Å²) >= 11 is 3.07. The number of carbonyl (C=O) groups is 1. The number of fused-ring (bicyclic) bond motifs is 1. The van der Waals surface area contributed by atoms with Crippen LogP contribution >= 0.6 is 15.9 Å². The summed E-state index contributed by atoms with van der Waals surface area (Å²) in [7, 11) is 0. The van der Waals surface area contributed by atoms with Crippen molar-refractivity contribution >= 4 is 20.6 Å². The van der Waals surface area contributed by atoms with Gasteiger partial charge in [-0.2, -0.15) is 0 Å². The number of carbonyl (C=O) groups excluding carboxylic acids is 1. The summed E-state index contributed by atoms with van der Waals surface area (Å²) in [6, 6.07) is 8.44. The predicted octanol–water partition coefficient (Wildman–Crippen LogP) is 5.07. The van der Waals surface area contributed by atoms with E-state index >= 15 is 0 Å². The van der Waals surface area contributed by atoms with Crippen LogP contribution < -0.4 is 0 Å². The molecule has 0 aliphatic heterocycles. The van der Waals surface area contributed by atoms with Crippen molar-refractivity contribution in [1.82, 2.24) is 0 Å². The maximum Gasteiger partial charge on any atom is 0.228 e. The Hall–Kier alpha value is -1.15. The average molecular weight is 305 g/mol. The lowest BCUT2D eigenvalue weighted by molar-refractivity contribution is 0.109. The first kappa shape index (κ1) is 13.3. The Morgan fingerprint density at radius 3 is 2.33 bits per heavy atom. The fraction of sp³-hybridized carbons (Fsp3) is 0.312. The molecule has 0 radical (unpaired) electrons. The van der Waals surface area contributed by atoms with Crippen molar-refractivity contribution in [3.63, 3.8) is 0 Å². The number of hydrogen-bond donors (Lipinski definition) is 0. The molecule has 1 nitrogen and oxygen atoms in total. The lowest BCUT2D eigenvalue weighted by Gasteiger charge is -2.04. The molecule has 2 rings (SSSR count). The highest BCUT2D eigenvalue weighted by Gasteiger charge is 2.19. The molecule has 0 heterocycles. The lowest BCUT2D eigenvalue weighted by atomic mass is 10.0. The van der Waals surface area contributed by atoms with Gasteiger partial charge in [0.15, 0.2) is 0 Å². The molecule has 0 saturated carbocycles. The van der Waals surface area contributed by atoms with Crippen LogP contribution in [0.2, 0.25) is 0 Å². The Kier molecular flexibility index (Phi) is 3.58. The Balaban J connectivity index is 2.79. The first-order chi connectivity index (χ1) is 8.41. The van der Waals surface area contributed by atoms with Crippen molar-refractivity contribution in [3.05, 3.63) is 46.5 Å². The van der Waals surface area contributed by atoms with Crippen LogP contribution in [0.1, 0.15) is 46.8 Å². The van der Waals surface area contributed by atoms with Crippen LogP contribution in [0.25, 0.3) is 11.1 Å². The highest BCUT2D eigenvalue weighted by Crippen LogP contribution is 2.36. The van der Waals surface area contributed by atoms with Gasteiger partial charge >= 0.3 is 0 Å². The summed E-state index contributed by atoms with van der Waals surface area (Å²) in [5.74, 6) is 0.484. The smallest absolute Gasteiger partial charge is 0.228 e. The molecule has 94 valence electrons. The van der Waals surface area contributed by atoms with Gasteiger partial charge in [-0.3, -0.25) is 4.79 Å². The van der Waals surface area contributed by atoms with Crippen molar-refractivity contribution in [3.8, 4) is 11.1 Å². The maximum absolute atomic E-state index is 11.7. The van der Waals surface area contributed by atoms with E-state index in [0.29, 0.717) is 5.92 Å². The normalized spacial score (nSPS) is 11.2. The van der Waals surface area contributed by atoms with Crippen molar-refractivity contribution < 1.29 is 4.79 Å². The van der Waals surface area contributed by atoms with Gasteiger partial charge in [0.25, 0.3) is 0 Å². The number of hydrogen-bond acceptors (Lipinski definition) is 1.